The van der Waals surface area contributed by atoms with Gasteiger partial charge in [-0.3, -0.25) is 4.79 Å². The lowest BCUT2D eigenvalue weighted by molar-refractivity contribution is -0.183. The van der Waals surface area contributed by atoms with Crippen LogP contribution in [0.5, 0.6) is 0 Å². The van der Waals surface area contributed by atoms with Crippen LogP contribution in [0.25, 0.3) is 0 Å². The molecule has 1 N–H and O–H groups in total. The first-order valence-electron chi connectivity index (χ1n) is 8.73. The first-order valence-corrected chi connectivity index (χ1v) is 8.73. The predicted octanol–water partition coefficient (Wildman–Crippen LogP) is 3.71. The van der Waals surface area contributed by atoms with Gasteiger partial charge in [-0.1, -0.05) is 12.1 Å². The summed E-state index contributed by atoms with van der Waals surface area (Å²) in [5, 5.41) is 3.22. The second-order valence-electron chi connectivity index (χ2n) is 6.84. The first-order chi connectivity index (χ1) is 11.9. The van der Waals surface area contributed by atoms with Crippen LogP contribution in [0.1, 0.15) is 47.5 Å². The molecule has 1 aromatic carbocycles. The van der Waals surface area contributed by atoms with Gasteiger partial charge in [0.15, 0.2) is 0 Å². The van der Waals surface area contributed by atoms with Gasteiger partial charge in [0, 0.05) is 13.1 Å². The summed E-state index contributed by atoms with van der Waals surface area (Å²) in [4.78, 5) is 13.9. The molecule has 2 aliphatic heterocycles. The zero-order valence-electron chi connectivity index (χ0n) is 13.9. The van der Waals surface area contributed by atoms with Gasteiger partial charge in [-0.15, -0.1) is 0 Å². The number of benzene rings is 1. The van der Waals surface area contributed by atoms with Crippen LogP contribution in [0.4, 0.5) is 17.6 Å². The van der Waals surface area contributed by atoms with Crippen LogP contribution >= 0.6 is 0 Å². The fourth-order valence-corrected chi connectivity index (χ4v) is 3.74. The van der Waals surface area contributed by atoms with Crippen LogP contribution in [0.2, 0.25) is 0 Å². The van der Waals surface area contributed by atoms with Crippen molar-refractivity contribution in [3.8, 4) is 0 Å². The number of hydrogen-bond acceptors (Lipinski definition) is 2. The number of amides is 1. The largest absolute Gasteiger partial charge is 0.391 e. The molecule has 2 saturated heterocycles. The molecule has 0 spiro atoms. The van der Waals surface area contributed by atoms with Gasteiger partial charge in [0.1, 0.15) is 5.82 Å². The molecule has 0 aromatic heterocycles. The van der Waals surface area contributed by atoms with Crippen molar-refractivity contribution in [1.82, 2.24) is 10.2 Å². The third-order valence-corrected chi connectivity index (χ3v) is 5.28. The molecule has 25 heavy (non-hydrogen) atoms. The number of nitrogens with zero attached hydrogens (tertiary/aromatic N) is 1. The molecule has 0 bridgehead atoms. The zero-order valence-corrected chi connectivity index (χ0v) is 13.9. The van der Waals surface area contributed by atoms with E-state index in [1.54, 1.807) is 12.1 Å². The van der Waals surface area contributed by atoms with E-state index in [4.69, 9.17) is 0 Å². The van der Waals surface area contributed by atoms with E-state index in [9.17, 15) is 22.4 Å². The minimum atomic E-state index is -4.23. The number of likely N-dealkylation sites (tertiary alicyclic amines) is 1. The minimum absolute atomic E-state index is 0.0139. The van der Waals surface area contributed by atoms with Crippen molar-refractivity contribution in [3.05, 3.63) is 35.1 Å². The Balaban J connectivity index is 1.72. The third kappa shape index (κ3) is 3.97. The molecule has 1 aromatic rings. The van der Waals surface area contributed by atoms with Crippen molar-refractivity contribution >= 4 is 5.91 Å². The van der Waals surface area contributed by atoms with Gasteiger partial charge < -0.3 is 10.2 Å². The molecule has 138 valence electrons. The number of piperidine rings is 2. The average Bonchev–Trinajstić information content (AvgIpc) is 2.61. The first kappa shape index (κ1) is 18.2. The van der Waals surface area contributed by atoms with Crippen LogP contribution in [-0.4, -0.2) is 43.2 Å². The highest BCUT2D eigenvalue weighted by molar-refractivity contribution is 5.94. The third-order valence-electron chi connectivity index (χ3n) is 5.28. The van der Waals surface area contributed by atoms with Gasteiger partial charge in [0.2, 0.25) is 0 Å². The molecule has 0 aliphatic carbocycles. The number of hydrogen-bond donors (Lipinski definition) is 1. The van der Waals surface area contributed by atoms with Crippen LogP contribution in [-0.2, 0) is 0 Å². The second kappa shape index (κ2) is 7.32. The molecule has 0 saturated carbocycles. The van der Waals surface area contributed by atoms with E-state index >= 15 is 0 Å². The molecule has 0 radical (unpaired) electrons. The normalized spacial score (nSPS) is 20.7. The van der Waals surface area contributed by atoms with E-state index < -0.39 is 23.8 Å². The summed E-state index contributed by atoms with van der Waals surface area (Å²) in [6, 6.07) is 4.80. The maximum absolute atomic E-state index is 14.9. The molecule has 3 rings (SSSR count). The van der Waals surface area contributed by atoms with Crippen molar-refractivity contribution in [2.45, 2.75) is 37.8 Å². The Hall–Kier alpha value is -1.63. The molecule has 2 heterocycles. The van der Waals surface area contributed by atoms with Crippen LogP contribution < -0.4 is 5.32 Å². The number of alkyl halides is 3. The van der Waals surface area contributed by atoms with Crippen molar-refractivity contribution in [2.75, 3.05) is 26.2 Å². The van der Waals surface area contributed by atoms with E-state index in [1.165, 1.54) is 11.0 Å². The van der Waals surface area contributed by atoms with E-state index in [2.05, 4.69) is 5.32 Å². The number of nitrogens with one attached hydrogen (secondary N) is 1. The van der Waals surface area contributed by atoms with Gasteiger partial charge in [0.25, 0.3) is 5.91 Å². The Morgan fingerprint density at radius 1 is 1.08 bits per heavy atom. The lowest BCUT2D eigenvalue weighted by atomic mass is 9.88. The highest BCUT2D eigenvalue weighted by Crippen LogP contribution is 2.35. The van der Waals surface area contributed by atoms with Gasteiger partial charge in [-0.2, -0.15) is 13.2 Å². The van der Waals surface area contributed by atoms with Gasteiger partial charge in [0.05, 0.1) is 11.5 Å². The Morgan fingerprint density at radius 2 is 1.72 bits per heavy atom. The molecule has 1 amide bonds. The maximum Gasteiger partial charge on any atom is 0.391 e. The van der Waals surface area contributed by atoms with Crippen molar-refractivity contribution in [2.24, 2.45) is 5.92 Å². The molecule has 0 atom stereocenters. The highest BCUT2D eigenvalue weighted by Gasteiger charge is 2.42. The highest BCUT2D eigenvalue weighted by atomic mass is 19.4. The topological polar surface area (TPSA) is 32.3 Å². The monoisotopic (exact) mass is 358 g/mol. The van der Waals surface area contributed by atoms with Crippen molar-refractivity contribution in [3.63, 3.8) is 0 Å². The van der Waals surface area contributed by atoms with Gasteiger partial charge >= 0.3 is 6.18 Å². The second-order valence-corrected chi connectivity index (χ2v) is 6.84. The maximum atomic E-state index is 14.9. The molecular formula is C18H22F4N2O. The molecule has 3 nitrogen and oxygen atoms in total. The number of rotatable bonds is 2. The summed E-state index contributed by atoms with van der Waals surface area (Å²) in [5.41, 5.74) is 0.513. The van der Waals surface area contributed by atoms with Crippen molar-refractivity contribution in [1.29, 1.82) is 0 Å². The summed E-state index contributed by atoms with van der Waals surface area (Å²) in [5.74, 6) is -2.32. The van der Waals surface area contributed by atoms with Crippen LogP contribution in [0.3, 0.4) is 0 Å². The SMILES string of the molecule is O=C(c1cccc(C2CCNCC2)c1F)N1CCC(C(F)(F)F)CC1. The predicted molar refractivity (Wildman–Crippen MR) is 85.9 cm³/mol. The number of halogens is 4. The zero-order chi connectivity index (χ0) is 18.0. The van der Waals surface area contributed by atoms with E-state index in [0.717, 1.165) is 25.9 Å². The van der Waals surface area contributed by atoms with Gasteiger partial charge in [-0.25, -0.2) is 4.39 Å². The molecular weight excluding hydrogens is 336 g/mol. The van der Waals surface area contributed by atoms with E-state index in [0.29, 0.717) is 5.56 Å². The Kier molecular flexibility index (Phi) is 5.32. The molecule has 2 aliphatic rings. The summed E-state index contributed by atoms with van der Waals surface area (Å²) in [7, 11) is 0. The summed E-state index contributed by atoms with van der Waals surface area (Å²) < 4.78 is 53.1. The number of carbonyl (C=O) groups is 1. The Labute approximate surface area is 144 Å². The average molecular weight is 358 g/mol. The van der Waals surface area contributed by atoms with Crippen molar-refractivity contribution < 1.29 is 22.4 Å². The van der Waals surface area contributed by atoms with E-state index in [1.807, 2.05) is 0 Å². The smallest absolute Gasteiger partial charge is 0.339 e. The fraction of sp³-hybridized carbons (Fsp3) is 0.611. The Morgan fingerprint density at radius 3 is 2.32 bits per heavy atom. The standard InChI is InChI=1S/C18H22F4N2O/c19-16-14(12-4-8-23-9-5-12)2-1-3-15(16)17(25)24-10-6-13(7-11-24)18(20,21)22/h1-3,12-13,23H,4-11H2. The van der Waals surface area contributed by atoms with E-state index in [-0.39, 0.29) is 37.4 Å². The molecule has 0 unspecified atom stereocenters. The fourth-order valence-electron chi connectivity index (χ4n) is 3.74. The van der Waals surface area contributed by atoms with Gasteiger partial charge in [-0.05, 0) is 56.3 Å². The molecule has 7 heteroatoms. The molecule has 2 fully saturated rings. The lowest BCUT2D eigenvalue weighted by Crippen LogP contribution is -2.42. The van der Waals surface area contributed by atoms with Crippen LogP contribution in [0.15, 0.2) is 18.2 Å². The summed E-state index contributed by atoms with van der Waals surface area (Å²) in [6.07, 6.45) is -2.85. The Bertz CT molecular complexity index is 618. The minimum Gasteiger partial charge on any atom is -0.339 e. The summed E-state index contributed by atoms with van der Waals surface area (Å²) in [6.45, 7) is 1.65. The summed E-state index contributed by atoms with van der Waals surface area (Å²) >= 11 is 0. The quantitative estimate of drug-likeness (QED) is 0.818. The number of carbonyl (C=O) groups excluding carboxylic acids is 1. The van der Waals surface area contributed by atoms with Crippen LogP contribution in [0, 0.1) is 11.7 Å². The lowest BCUT2D eigenvalue weighted by Gasteiger charge is -2.33.